The van der Waals surface area contributed by atoms with Gasteiger partial charge in [0.25, 0.3) is 5.56 Å². The third-order valence-corrected chi connectivity index (χ3v) is 12.1. The molecule has 26 heteroatoms. The van der Waals surface area contributed by atoms with Crippen LogP contribution < -0.4 is 17.0 Å². The summed E-state index contributed by atoms with van der Waals surface area (Å²) in [6.07, 6.45) is -6.90. The number of rotatable bonds is 2. The van der Waals surface area contributed by atoms with E-state index in [1.54, 1.807) is 6.08 Å². The molecule has 0 aliphatic carbocycles. The van der Waals surface area contributed by atoms with Gasteiger partial charge in [-0.05, 0) is 29.7 Å². The van der Waals surface area contributed by atoms with Crippen LogP contribution in [0.15, 0.2) is 31.9 Å². The van der Waals surface area contributed by atoms with Crippen molar-refractivity contribution in [3.63, 3.8) is 0 Å². The van der Waals surface area contributed by atoms with E-state index < -0.39 is 91.9 Å². The zero-order valence-electron chi connectivity index (χ0n) is 22.4. The van der Waals surface area contributed by atoms with Crippen LogP contribution in [-0.2, 0) is 46.4 Å². The number of alkyl halides is 1. The summed E-state index contributed by atoms with van der Waals surface area (Å²) in [4.78, 5) is 45.1. The Morgan fingerprint density at radius 2 is 1.89 bits per heavy atom. The lowest BCUT2D eigenvalue weighted by atomic mass is 10.1. The fourth-order valence-corrected chi connectivity index (χ4v) is 9.85. The number of aromatic amines is 1. The molecule has 0 radical (unpaired) electrons. The molecule has 2 bridgehead atoms. The number of thioether (sulfide) groups is 1. The van der Waals surface area contributed by atoms with Crippen molar-refractivity contribution < 1.29 is 42.1 Å². The van der Waals surface area contributed by atoms with Gasteiger partial charge in [-0.2, -0.15) is 10.1 Å². The minimum Gasteiger partial charge on any atom is -0.400 e. The molecule has 20 nitrogen and oxygen atoms in total. The molecule has 7 rings (SSSR count). The van der Waals surface area contributed by atoms with Crippen molar-refractivity contribution in [2.75, 3.05) is 18.9 Å². The molecule has 0 saturated carbocycles. The predicted molar refractivity (Wildman–Crippen MR) is 160 cm³/mol. The predicted octanol–water partition coefficient (Wildman–Crippen LogP) is -1.31. The molecule has 5 aliphatic rings. The van der Waals surface area contributed by atoms with Crippen LogP contribution in [0.4, 0.5) is 10.3 Å². The SMILES string of the molecule is NC1=CC=NC2C1N=NN2[C@@H]1O[C@@H]2COP(O)(=S)O[C@@H]3[C@H](O)[C@@H](COP(O)(=S)O[C@H]2[C@@H]1F)S[C@H]3n1nnc2c(=O)[nH]c(N)nc21. The number of allylic oxidation sites excluding steroid dienone is 1. The van der Waals surface area contributed by atoms with E-state index in [1.165, 1.54) is 15.9 Å². The Balaban J connectivity index is 1.17. The number of halogens is 1. The quantitative estimate of drug-likeness (QED) is 0.196. The normalized spacial score (nSPS) is 43.4. The molecule has 0 amide bonds. The minimum absolute atomic E-state index is 0.0388. The average molecular weight is 728 g/mol. The van der Waals surface area contributed by atoms with Crippen molar-refractivity contribution in [1.82, 2.24) is 30.0 Å². The van der Waals surface area contributed by atoms with Crippen LogP contribution in [0.3, 0.4) is 0 Å². The van der Waals surface area contributed by atoms with Gasteiger partial charge in [-0.15, -0.1) is 16.9 Å². The molecule has 7 heterocycles. The number of hydrogen-bond acceptors (Lipinski definition) is 19. The number of fused-ring (bicyclic) bond motifs is 5. The second-order valence-corrected chi connectivity index (χ2v) is 17.2. The molecule has 3 fully saturated rings. The van der Waals surface area contributed by atoms with Crippen molar-refractivity contribution in [1.29, 1.82) is 0 Å². The Bertz CT molecular complexity index is 1770. The lowest BCUT2D eigenvalue weighted by Crippen LogP contribution is -2.47. The van der Waals surface area contributed by atoms with Gasteiger partial charge in [0.15, 0.2) is 35.8 Å². The first-order valence-corrected chi connectivity index (χ1v) is 19.2. The largest absolute Gasteiger partial charge is 0.400 e. The summed E-state index contributed by atoms with van der Waals surface area (Å²) in [6, 6.07) is -0.665. The average Bonchev–Trinajstić information content (AvgIpc) is 3.72. The molecule has 45 heavy (non-hydrogen) atoms. The second-order valence-electron chi connectivity index (χ2n) is 10.3. The summed E-state index contributed by atoms with van der Waals surface area (Å²) in [5.41, 5.74) is 11.2. The zero-order chi connectivity index (χ0) is 31.8. The number of anilines is 1. The lowest BCUT2D eigenvalue weighted by Gasteiger charge is -2.29. The van der Waals surface area contributed by atoms with Gasteiger partial charge in [0.1, 0.15) is 23.7 Å². The Morgan fingerprint density at radius 1 is 1.16 bits per heavy atom. The molecular formula is C19H24FN11O9P2S3. The first-order chi connectivity index (χ1) is 21.3. The Morgan fingerprint density at radius 3 is 2.67 bits per heavy atom. The first-order valence-electron chi connectivity index (χ1n) is 13.0. The lowest BCUT2D eigenvalue weighted by molar-refractivity contribution is -0.0958. The van der Waals surface area contributed by atoms with E-state index in [0.717, 1.165) is 11.8 Å². The number of aliphatic imine (C=N–C) groups is 1. The maximum absolute atomic E-state index is 16.0. The van der Waals surface area contributed by atoms with Gasteiger partial charge in [0, 0.05) is 11.9 Å². The standard InChI is InChI=1S/C19H24FN11O9P2S3/c20-8-12-6(38-17(8)30-14-9(26-28-30)5(21)1-2-23-14)3-36-41(34,43)40-13-11(32)7(4-37-42(35,44)39-12)45-18(13)31-15-10(27-29-31)16(33)25-19(22)24-15/h1-2,6-9,11-14,17-18,32H,3-4,21H2,(H,34,43)(H,35,44)(H3,22,24,25,33)/t6-,7-,8+,9?,11-,12-,13-,14?,17-,18-,41?,42?/m1/s1. The summed E-state index contributed by atoms with van der Waals surface area (Å²) in [5.74, 6) is -0.218. The van der Waals surface area contributed by atoms with E-state index in [2.05, 4.69) is 35.6 Å². The molecule has 3 saturated heterocycles. The number of nitrogen functional groups attached to an aromatic ring is 1. The smallest absolute Gasteiger partial charge is 0.325 e. The molecule has 2 aromatic heterocycles. The van der Waals surface area contributed by atoms with E-state index in [4.69, 9.17) is 57.9 Å². The van der Waals surface area contributed by atoms with Crippen molar-refractivity contribution in [2.24, 2.45) is 21.1 Å². The van der Waals surface area contributed by atoms with Crippen LogP contribution >= 0.6 is 25.2 Å². The minimum atomic E-state index is -4.23. The summed E-state index contributed by atoms with van der Waals surface area (Å²) in [5, 5.41) is 26.4. The summed E-state index contributed by atoms with van der Waals surface area (Å²) in [7, 11) is 0. The number of aromatic nitrogens is 5. The molecule has 8 N–H and O–H groups in total. The third-order valence-electron chi connectivity index (χ3n) is 7.43. The van der Waals surface area contributed by atoms with Crippen LogP contribution in [0.25, 0.3) is 11.2 Å². The molecule has 244 valence electrons. The molecule has 5 aliphatic heterocycles. The van der Waals surface area contributed by atoms with Gasteiger partial charge in [-0.3, -0.25) is 23.8 Å². The van der Waals surface area contributed by atoms with Crippen molar-refractivity contribution in [3.05, 3.63) is 22.1 Å². The highest BCUT2D eigenvalue weighted by molar-refractivity contribution is 8.07. The zero-order valence-corrected chi connectivity index (χ0v) is 26.6. The molecule has 12 atom stereocenters. The van der Waals surface area contributed by atoms with Crippen LogP contribution in [0, 0.1) is 0 Å². The van der Waals surface area contributed by atoms with Gasteiger partial charge in [-0.1, -0.05) is 10.4 Å². The van der Waals surface area contributed by atoms with Crippen molar-refractivity contribution >= 4 is 72.1 Å². The van der Waals surface area contributed by atoms with Crippen molar-refractivity contribution in [3.8, 4) is 0 Å². The maximum Gasteiger partial charge on any atom is 0.325 e. The number of hydrogen-bond donors (Lipinski definition) is 6. The highest BCUT2D eigenvalue weighted by atomic mass is 32.5. The van der Waals surface area contributed by atoms with Gasteiger partial charge in [0.05, 0.1) is 24.6 Å². The van der Waals surface area contributed by atoms with E-state index in [1.807, 2.05) is 0 Å². The van der Waals surface area contributed by atoms with Crippen LogP contribution in [0.1, 0.15) is 5.37 Å². The Hall–Kier alpha value is -2.05. The Kier molecular flexibility index (Phi) is 8.12. The highest BCUT2D eigenvalue weighted by Crippen LogP contribution is 2.56. The number of dihydropyridines is 1. The number of aliphatic hydroxyl groups is 1. The van der Waals surface area contributed by atoms with Gasteiger partial charge < -0.3 is 40.1 Å². The summed E-state index contributed by atoms with van der Waals surface area (Å²) < 4.78 is 45.6. The first kappa shape index (κ1) is 31.5. The third kappa shape index (κ3) is 5.75. The summed E-state index contributed by atoms with van der Waals surface area (Å²) in [6.45, 7) is -9.45. The van der Waals surface area contributed by atoms with Gasteiger partial charge in [-0.25, -0.2) is 14.1 Å². The van der Waals surface area contributed by atoms with Gasteiger partial charge in [0.2, 0.25) is 5.95 Å². The maximum atomic E-state index is 16.0. The number of H-pyrrole nitrogens is 1. The fourth-order valence-electron chi connectivity index (χ4n) is 5.34. The monoisotopic (exact) mass is 727 g/mol. The van der Waals surface area contributed by atoms with Gasteiger partial charge >= 0.3 is 13.4 Å². The topological polar surface area (TPSA) is 276 Å². The van der Waals surface area contributed by atoms with E-state index >= 15 is 4.39 Å². The number of nitrogens with zero attached hydrogens (tertiary/aromatic N) is 8. The fraction of sp³-hybridized carbons (Fsp3) is 0.632. The van der Waals surface area contributed by atoms with Crippen LogP contribution in [0.2, 0.25) is 0 Å². The highest BCUT2D eigenvalue weighted by Gasteiger charge is 2.56. The van der Waals surface area contributed by atoms with E-state index in [9.17, 15) is 19.7 Å². The molecule has 0 spiro atoms. The second kappa shape index (κ2) is 11.6. The van der Waals surface area contributed by atoms with Crippen LogP contribution in [-0.4, -0.2) is 119 Å². The number of nitrogens with two attached hydrogens (primary N) is 2. The molecular weight excluding hydrogens is 703 g/mol. The molecule has 0 aromatic carbocycles. The Labute approximate surface area is 265 Å². The molecule has 2 aromatic rings. The van der Waals surface area contributed by atoms with E-state index in [-0.39, 0.29) is 17.1 Å². The molecule has 4 unspecified atom stereocenters. The summed E-state index contributed by atoms with van der Waals surface area (Å²) >= 11 is 11.5. The van der Waals surface area contributed by atoms with E-state index in [0.29, 0.717) is 5.70 Å². The number of aliphatic hydroxyl groups excluding tert-OH is 1. The van der Waals surface area contributed by atoms with Crippen molar-refractivity contribution in [2.45, 2.75) is 59.6 Å². The number of ether oxygens (including phenoxy) is 1. The van der Waals surface area contributed by atoms with Crippen LogP contribution in [0.5, 0.6) is 0 Å². The number of nitrogens with one attached hydrogen (secondary N) is 1.